The fourth-order valence-electron chi connectivity index (χ4n) is 1.95. The predicted octanol–water partition coefficient (Wildman–Crippen LogP) is 3.29. The van der Waals surface area contributed by atoms with Crippen LogP contribution in [0.5, 0.6) is 0 Å². The Balaban J connectivity index is 2.28. The molecule has 82 valence electrons. The van der Waals surface area contributed by atoms with Crippen LogP contribution in [-0.2, 0) is 12.3 Å². The van der Waals surface area contributed by atoms with Gasteiger partial charge in [0.2, 0.25) is 0 Å². The molecule has 3 heteroatoms. The van der Waals surface area contributed by atoms with E-state index in [4.69, 9.17) is 11.6 Å². The van der Waals surface area contributed by atoms with E-state index in [1.54, 1.807) is 0 Å². The molecule has 1 aromatic heterocycles. The number of halogens is 1. The third kappa shape index (κ3) is 2.00. The summed E-state index contributed by atoms with van der Waals surface area (Å²) in [5.41, 5.74) is 2.58. The summed E-state index contributed by atoms with van der Waals surface area (Å²) in [5, 5.41) is 0. The fourth-order valence-corrected chi connectivity index (χ4v) is 2.17. The summed E-state index contributed by atoms with van der Waals surface area (Å²) >= 11 is 5.83. The normalized spacial score (nSPS) is 22.8. The number of alkyl halides is 1. The lowest BCUT2D eigenvalue weighted by molar-refractivity contribution is 0.606. The molecule has 0 aromatic carbocycles. The molecule has 2 rings (SSSR count). The number of aromatic nitrogens is 2. The van der Waals surface area contributed by atoms with Gasteiger partial charge in [-0.05, 0) is 18.3 Å². The minimum atomic E-state index is 0.396. The zero-order chi connectivity index (χ0) is 11.1. The summed E-state index contributed by atoms with van der Waals surface area (Å²) in [6.07, 6.45) is 4.03. The van der Waals surface area contributed by atoms with E-state index in [9.17, 15) is 0 Å². The molecule has 0 radical (unpaired) electrons. The molecule has 0 aliphatic heterocycles. The number of aryl methyl sites for hydroxylation is 1. The van der Waals surface area contributed by atoms with Crippen molar-refractivity contribution >= 4 is 11.6 Å². The zero-order valence-corrected chi connectivity index (χ0v) is 10.3. The topological polar surface area (TPSA) is 25.8 Å². The van der Waals surface area contributed by atoms with Gasteiger partial charge in [-0.3, -0.25) is 0 Å². The first kappa shape index (κ1) is 10.9. The summed E-state index contributed by atoms with van der Waals surface area (Å²) in [5.74, 6) is 2.07. The standard InChI is InChI=1S/C12H17ClN2/c1-4-10-8(6-13)7-14-11(15-10)9-5-12(9,2)3/h7,9H,4-6H2,1-3H3. The highest BCUT2D eigenvalue weighted by Gasteiger charge is 2.48. The van der Waals surface area contributed by atoms with Crippen molar-refractivity contribution in [3.63, 3.8) is 0 Å². The maximum absolute atomic E-state index is 5.83. The molecule has 1 atom stereocenters. The van der Waals surface area contributed by atoms with Crippen molar-refractivity contribution in [3.05, 3.63) is 23.3 Å². The molecule has 1 unspecified atom stereocenters. The highest BCUT2D eigenvalue weighted by molar-refractivity contribution is 6.17. The van der Waals surface area contributed by atoms with E-state index in [2.05, 4.69) is 30.7 Å². The summed E-state index contributed by atoms with van der Waals surface area (Å²) in [7, 11) is 0. The van der Waals surface area contributed by atoms with Crippen molar-refractivity contribution < 1.29 is 0 Å². The lowest BCUT2D eigenvalue weighted by Crippen LogP contribution is -2.03. The smallest absolute Gasteiger partial charge is 0.132 e. The highest BCUT2D eigenvalue weighted by atomic mass is 35.5. The Morgan fingerprint density at radius 3 is 2.67 bits per heavy atom. The molecule has 0 saturated heterocycles. The lowest BCUT2D eigenvalue weighted by Gasteiger charge is -2.07. The molecule has 0 amide bonds. The molecule has 1 aliphatic carbocycles. The second-order valence-electron chi connectivity index (χ2n) is 4.93. The molecule has 0 spiro atoms. The van der Waals surface area contributed by atoms with Crippen molar-refractivity contribution in [1.29, 1.82) is 0 Å². The maximum Gasteiger partial charge on any atom is 0.132 e. The number of hydrogen-bond acceptors (Lipinski definition) is 2. The second-order valence-corrected chi connectivity index (χ2v) is 5.20. The molecule has 2 nitrogen and oxygen atoms in total. The molecule has 0 bridgehead atoms. The molecule has 1 aliphatic rings. The van der Waals surface area contributed by atoms with Crippen LogP contribution in [-0.4, -0.2) is 9.97 Å². The molecular formula is C12H17ClN2. The van der Waals surface area contributed by atoms with Gasteiger partial charge < -0.3 is 0 Å². The quantitative estimate of drug-likeness (QED) is 0.737. The first-order valence-corrected chi connectivity index (χ1v) is 6.02. The van der Waals surface area contributed by atoms with Crippen LogP contribution in [0.1, 0.15) is 50.2 Å². The van der Waals surface area contributed by atoms with Gasteiger partial charge in [0, 0.05) is 23.4 Å². The average Bonchev–Trinajstić information content (AvgIpc) is 2.86. The van der Waals surface area contributed by atoms with Gasteiger partial charge in [0.25, 0.3) is 0 Å². The molecule has 1 fully saturated rings. The van der Waals surface area contributed by atoms with Crippen molar-refractivity contribution in [2.75, 3.05) is 0 Å². The van der Waals surface area contributed by atoms with Crippen LogP contribution in [0.15, 0.2) is 6.20 Å². The van der Waals surface area contributed by atoms with Gasteiger partial charge in [-0.2, -0.15) is 0 Å². The minimum absolute atomic E-state index is 0.396. The molecule has 1 saturated carbocycles. The number of hydrogen-bond donors (Lipinski definition) is 0. The lowest BCUT2D eigenvalue weighted by atomic mass is 10.1. The second kappa shape index (κ2) is 3.75. The van der Waals surface area contributed by atoms with Crippen molar-refractivity contribution in [1.82, 2.24) is 9.97 Å². The summed E-state index contributed by atoms with van der Waals surface area (Å²) < 4.78 is 0. The van der Waals surface area contributed by atoms with Gasteiger partial charge in [-0.1, -0.05) is 20.8 Å². The van der Waals surface area contributed by atoms with Crippen LogP contribution < -0.4 is 0 Å². The average molecular weight is 225 g/mol. The van der Waals surface area contributed by atoms with E-state index < -0.39 is 0 Å². The van der Waals surface area contributed by atoms with Crippen LogP contribution in [0.3, 0.4) is 0 Å². The Labute approximate surface area is 96.1 Å². The molecule has 1 heterocycles. The Hall–Kier alpha value is -0.630. The monoisotopic (exact) mass is 224 g/mol. The van der Waals surface area contributed by atoms with Crippen molar-refractivity contribution in [3.8, 4) is 0 Å². The van der Waals surface area contributed by atoms with E-state index in [-0.39, 0.29) is 0 Å². The van der Waals surface area contributed by atoms with Gasteiger partial charge in [0.15, 0.2) is 0 Å². The Kier molecular flexibility index (Phi) is 2.72. The van der Waals surface area contributed by atoms with Crippen molar-refractivity contribution in [2.45, 2.75) is 45.4 Å². The zero-order valence-electron chi connectivity index (χ0n) is 9.55. The highest BCUT2D eigenvalue weighted by Crippen LogP contribution is 2.57. The largest absolute Gasteiger partial charge is 0.241 e. The van der Waals surface area contributed by atoms with Gasteiger partial charge in [-0.15, -0.1) is 11.6 Å². The van der Waals surface area contributed by atoms with E-state index >= 15 is 0 Å². The van der Waals surface area contributed by atoms with E-state index in [0.29, 0.717) is 17.2 Å². The first-order valence-electron chi connectivity index (χ1n) is 5.49. The van der Waals surface area contributed by atoms with E-state index in [1.165, 1.54) is 6.42 Å². The van der Waals surface area contributed by atoms with Crippen LogP contribution in [0.25, 0.3) is 0 Å². The maximum atomic E-state index is 5.83. The Morgan fingerprint density at radius 2 is 2.20 bits per heavy atom. The predicted molar refractivity (Wildman–Crippen MR) is 62.1 cm³/mol. The van der Waals surface area contributed by atoms with Crippen LogP contribution in [0.4, 0.5) is 0 Å². The van der Waals surface area contributed by atoms with Crippen molar-refractivity contribution in [2.24, 2.45) is 5.41 Å². The Morgan fingerprint density at radius 1 is 1.53 bits per heavy atom. The van der Waals surface area contributed by atoms with Crippen LogP contribution in [0.2, 0.25) is 0 Å². The Bertz CT molecular complexity index is 374. The fraction of sp³-hybridized carbons (Fsp3) is 0.667. The molecule has 0 N–H and O–H groups in total. The minimum Gasteiger partial charge on any atom is -0.241 e. The van der Waals surface area contributed by atoms with Gasteiger partial charge >= 0.3 is 0 Å². The van der Waals surface area contributed by atoms with Gasteiger partial charge in [-0.25, -0.2) is 9.97 Å². The van der Waals surface area contributed by atoms with Crippen LogP contribution >= 0.6 is 11.6 Å². The summed E-state index contributed by atoms with van der Waals surface area (Å²) in [6, 6.07) is 0. The molecule has 15 heavy (non-hydrogen) atoms. The SMILES string of the molecule is CCc1nc(C2CC2(C)C)ncc1CCl. The summed E-state index contributed by atoms with van der Waals surface area (Å²) in [4.78, 5) is 9.04. The number of rotatable bonds is 3. The molecular weight excluding hydrogens is 208 g/mol. The van der Waals surface area contributed by atoms with Gasteiger partial charge in [0.05, 0.1) is 5.88 Å². The number of nitrogens with zero attached hydrogens (tertiary/aromatic N) is 2. The summed E-state index contributed by atoms with van der Waals surface area (Å²) in [6.45, 7) is 6.64. The third-order valence-corrected chi connectivity index (χ3v) is 3.56. The third-order valence-electron chi connectivity index (χ3n) is 3.28. The first-order chi connectivity index (χ1) is 7.08. The van der Waals surface area contributed by atoms with E-state index in [0.717, 1.165) is 23.5 Å². The molecule has 1 aromatic rings. The van der Waals surface area contributed by atoms with Gasteiger partial charge in [0.1, 0.15) is 5.82 Å². The van der Waals surface area contributed by atoms with Crippen LogP contribution in [0, 0.1) is 5.41 Å². The van der Waals surface area contributed by atoms with E-state index in [1.807, 2.05) is 6.20 Å².